The summed E-state index contributed by atoms with van der Waals surface area (Å²) in [6, 6.07) is 44.9. The van der Waals surface area contributed by atoms with Gasteiger partial charge in [-0.25, -0.2) is 0 Å². The second kappa shape index (κ2) is 11.4. The van der Waals surface area contributed by atoms with Gasteiger partial charge in [-0.1, -0.05) is 97.1 Å². The number of nitrogens with two attached hydrogens (primary N) is 1. The van der Waals surface area contributed by atoms with Crippen LogP contribution in [0.3, 0.4) is 0 Å². The fourth-order valence-electron chi connectivity index (χ4n) is 4.82. The Morgan fingerprint density at radius 3 is 1.50 bits per heavy atom. The molecular weight excluding hydrogens is 468 g/mol. The van der Waals surface area contributed by atoms with Gasteiger partial charge in [0, 0.05) is 29.0 Å². The van der Waals surface area contributed by atoms with Gasteiger partial charge in [0.25, 0.3) is 0 Å². The van der Waals surface area contributed by atoms with Gasteiger partial charge in [0.15, 0.2) is 0 Å². The molecule has 0 atom stereocenters. The van der Waals surface area contributed by atoms with Gasteiger partial charge in [0.2, 0.25) is 5.91 Å². The number of carbonyl (C=O) groups is 2. The van der Waals surface area contributed by atoms with Crippen LogP contribution in [0.5, 0.6) is 0 Å². The van der Waals surface area contributed by atoms with Gasteiger partial charge < -0.3 is 10.6 Å². The van der Waals surface area contributed by atoms with Gasteiger partial charge >= 0.3 is 0 Å². The lowest BCUT2D eigenvalue weighted by Crippen LogP contribution is -2.20. The molecular formula is C34H28N2O2. The van der Waals surface area contributed by atoms with E-state index in [9.17, 15) is 9.59 Å². The first-order valence-electron chi connectivity index (χ1n) is 12.6. The SMILES string of the molecule is NC(=O)c1ccc(N(c2ccccc2)c2ccccc2)c(CC(=O)C(c2ccccc2)c2ccccc2)c1. The molecule has 4 heteroatoms. The van der Waals surface area contributed by atoms with Crippen molar-refractivity contribution in [3.63, 3.8) is 0 Å². The molecule has 0 bridgehead atoms. The van der Waals surface area contributed by atoms with E-state index in [1.807, 2.05) is 127 Å². The van der Waals surface area contributed by atoms with Gasteiger partial charge in [-0.3, -0.25) is 9.59 Å². The normalized spacial score (nSPS) is 10.8. The monoisotopic (exact) mass is 496 g/mol. The Labute approximate surface area is 223 Å². The number of primary amides is 1. The van der Waals surface area contributed by atoms with Crippen LogP contribution in [0.25, 0.3) is 0 Å². The third kappa shape index (κ3) is 5.40. The number of nitrogens with zero attached hydrogens (tertiary/aromatic N) is 1. The maximum atomic E-state index is 14.1. The van der Waals surface area contributed by atoms with Crippen LogP contribution in [0.4, 0.5) is 17.1 Å². The van der Waals surface area contributed by atoms with E-state index < -0.39 is 11.8 Å². The van der Waals surface area contributed by atoms with E-state index in [4.69, 9.17) is 5.73 Å². The number of benzene rings is 5. The molecule has 0 radical (unpaired) electrons. The average molecular weight is 497 g/mol. The van der Waals surface area contributed by atoms with E-state index in [-0.39, 0.29) is 12.2 Å². The maximum absolute atomic E-state index is 14.1. The second-order valence-electron chi connectivity index (χ2n) is 9.11. The van der Waals surface area contributed by atoms with Crippen LogP contribution in [0.15, 0.2) is 140 Å². The van der Waals surface area contributed by atoms with Gasteiger partial charge in [-0.2, -0.15) is 0 Å². The molecule has 0 aliphatic heterocycles. The van der Waals surface area contributed by atoms with E-state index in [1.165, 1.54) is 0 Å². The first kappa shape index (κ1) is 24.7. The van der Waals surface area contributed by atoms with Crippen molar-refractivity contribution < 1.29 is 9.59 Å². The van der Waals surface area contributed by atoms with E-state index >= 15 is 0 Å². The molecule has 0 spiro atoms. The summed E-state index contributed by atoms with van der Waals surface area (Å²) in [5, 5.41) is 0. The van der Waals surface area contributed by atoms with Crippen molar-refractivity contribution in [1.82, 2.24) is 0 Å². The fourth-order valence-corrected chi connectivity index (χ4v) is 4.82. The zero-order valence-corrected chi connectivity index (χ0v) is 20.9. The number of hydrogen-bond donors (Lipinski definition) is 1. The number of rotatable bonds is 9. The number of carbonyl (C=O) groups excluding carboxylic acids is 2. The molecule has 186 valence electrons. The molecule has 0 saturated heterocycles. The summed E-state index contributed by atoms with van der Waals surface area (Å²) in [6.45, 7) is 0. The molecule has 0 fully saturated rings. The van der Waals surface area contributed by atoms with Crippen LogP contribution in [0.1, 0.15) is 33.0 Å². The van der Waals surface area contributed by atoms with Crippen molar-refractivity contribution in [2.75, 3.05) is 4.90 Å². The Kier molecular flexibility index (Phi) is 7.42. The zero-order chi connectivity index (χ0) is 26.3. The Morgan fingerprint density at radius 1 is 0.605 bits per heavy atom. The number of anilines is 3. The van der Waals surface area contributed by atoms with E-state index in [2.05, 4.69) is 4.90 Å². The molecule has 0 heterocycles. The summed E-state index contributed by atoms with van der Waals surface area (Å²) in [7, 11) is 0. The summed E-state index contributed by atoms with van der Waals surface area (Å²) < 4.78 is 0. The van der Waals surface area contributed by atoms with Gasteiger partial charge in [-0.15, -0.1) is 0 Å². The Morgan fingerprint density at radius 2 is 1.05 bits per heavy atom. The van der Waals surface area contributed by atoms with Crippen molar-refractivity contribution in [3.05, 3.63) is 162 Å². The summed E-state index contributed by atoms with van der Waals surface area (Å²) >= 11 is 0. The van der Waals surface area contributed by atoms with Gasteiger partial charge in [0.05, 0.1) is 5.92 Å². The zero-order valence-electron chi connectivity index (χ0n) is 20.9. The third-order valence-electron chi connectivity index (χ3n) is 6.59. The van der Waals surface area contributed by atoms with Crippen molar-refractivity contribution in [3.8, 4) is 0 Å². The molecule has 0 unspecified atom stereocenters. The molecule has 38 heavy (non-hydrogen) atoms. The van der Waals surface area contributed by atoms with Crippen LogP contribution < -0.4 is 10.6 Å². The molecule has 5 rings (SSSR count). The number of ketones is 1. The topological polar surface area (TPSA) is 63.4 Å². The summed E-state index contributed by atoms with van der Waals surface area (Å²) in [5.41, 5.74) is 11.3. The first-order chi connectivity index (χ1) is 18.6. The highest BCUT2D eigenvalue weighted by Gasteiger charge is 2.25. The lowest BCUT2D eigenvalue weighted by molar-refractivity contribution is -0.119. The van der Waals surface area contributed by atoms with E-state index in [1.54, 1.807) is 12.1 Å². The molecule has 0 aromatic heterocycles. The predicted molar refractivity (Wildman–Crippen MR) is 153 cm³/mol. The highest BCUT2D eigenvalue weighted by Crippen LogP contribution is 2.38. The molecule has 5 aromatic carbocycles. The Bertz CT molecular complexity index is 1440. The molecule has 1 amide bonds. The van der Waals surface area contributed by atoms with Crippen LogP contribution in [0.2, 0.25) is 0 Å². The van der Waals surface area contributed by atoms with Gasteiger partial charge in [0.1, 0.15) is 5.78 Å². The Balaban J connectivity index is 1.63. The molecule has 0 saturated carbocycles. The largest absolute Gasteiger partial charge is 0.366 e. The standard InChI is InChI=1S/C34H28N2O2/c35-34(38)27-21-22-31(36(29-17-9-3-10-18-29)30-19-11-4-12-20-30)28(23-27)24-32(37)33(25-13-5-1-6-14-25)26-15-7-2-8-16-26/h1-23,33H,24H2,(H2,35,38). The lowest BCUT2D eigenvalue weighted by atomic mass is 9.84. The number of amides is 1. The molecule has 2 N–H and O–H groups in total. The van der Waals surface area contributed by atoms with E-state index in [0.29, 0.717) is 5.56 Å². The molecule has 4 nitrogen and oxygen atoms in total. The smallest absolute Gasteiger partial charge is 0.248 e. The van der Waals surface area contributed by atoms with Crippen LogP contribution in [-0.2, 0) is 11.2 Å². The average Bonchev–Trinajstić information content (AvgIpc) is 2.96. The molecule has 0 aliphatic rings. The molecule has 0 aliphatic carbocycles. The van der Waals surface area contributed by atoms with Crippen molar-refractivity contribution in [2.45, 2.75) is 12.3 Å². The van der Waals surface area contributed by atoms with Crippen molar-refractivity contribution >= 4 is 28.8 Å². The number of para-hydroxylation sites is 2. The summed E-state index contributed by atoms with van der Waals surface area (Å²) in [6.07, 6.45) is 0.126. The minimum absolute atomic E-state index is 0.0337. The van der Waals surface area contributed by atoms with Crippen molar-refractivity contribution in [1.29, 1.82) is 0 Å². The lowest BCUT2D eigenvalue weighted by Gasteiger charge is -2.28. The van der Waals surface area contributed by atoms with Crippen molar-refractivity contribution in [2.24, 2.45) is 5.73 Å². The summed E-state index contributed by atoms with van der Waals surface area (Å²) in [5.74, 6) is -0.936. The van der Waals surface area contributed by atoms with Crippen LogP contribution >= 0.6 is 0 Å². The van der Waals surface area contributed by atoms with E-state index in [0.717, 1.165) is 33.8 Å². The minimum atomic E-state index is -0.529. The molecule has 5 aromatic rings. The maximum Gasteiger partial charge on any atom is 0.248 e. The second-order valence-corrected chi connectivity index (χ2v) is 9.11. The van der Waals surface area contributed by atoms with Crippen LogP contribution in [0, 0.1) is 0 Å². The first-order valence-corrected chi connectivity index (χ1v) is 12.6. The number of Topliss-reactive ketones (excluding diaryl/α,β-unsaturated/α-hetero) is 1. The predicted octanol–water partition coefficient (Wildman–Crippen LogP) is 7.20. The fraction of sp³-hybridized carbons (Fsp3) is 0.0588. The summed E-state index contributed by atoms with van der Waals surface area (Å²) in [4.78, 5) is 28.4. The van der Waals surface area contributed by atoms with Crippen LogP contribution in [-0.4, -0.2) is 11.7 Å². The highest BCUT2D eigenvalue weighted by atomic mass is 16.1. The Hall–Kier alpha value is -4.96. The quantitative estimate of drug-likeness (QED) is 0.235. The van der Waals surface area contributed by atoms with Gasteiger partial charge in [-0.05, 0) is 59.2 Å². The minimum Gasteiger partial charge on any atom is -0.366 e. The highest BCUT2D eigenvalue weighted by molar-refractivity contribution is 5.96. The number of hydrogen-bond acceptors (Lipinski definition) is 3. The third-order valence-corrected chi connectivity index (χ3v) is 6.59.